The third-order valence-corrected chi connectivity index (χ3v) is 6.53. The Hall–Kier alpha value is -2.64. The summed E-state index contributed by atoms with van der Waals surface area (Å²) in [6, 6.07) is 14.2. The Bertz CT molecular complexity index is 1050. The van der Waals surface area contributed by atoms with Gasteiger partial charge < -0.3 is 10.3 Å². The van der Waals surface area contributed by atoms with Gasteiger partial charge in [0.15, 0.2) is 0 Å². The van der Waals surface area contributed by atoms with E-state index in [-0.39, 0.29) is 17.2 Å². The number of fused-ring (bicyclic) bond motifs is 1. The highest BCUT2D eigenvalue weighted by molar-refractivity contribution is 7.89. The number of nitrogens with zero attached hydrogens (tertiary/aromatic N) is 1. The average molecular weight is 385 g/mol. The van der Waals surface area contributed by atoms with Gasteiger partial charge in [-0.3, -0.25) is 4.79 Å². The predicted octanol–water partition coefficient (Wildman–Crippen LogP) is 3.38. The van der Waals surface area contributed by atoms with Crippen LogP contribution in [0.5, 0.6) is 0 Å². The van der Waals surface area contributed by atoms with Gasteiger partial charge in [0, 0.05) is 35.9 Å². The van der Waals surface area contributed by atoms with E-state index in [2.05, 4.69) is 10.3 Å². The fraction of sp³-hybridized carbons (Fsp3) is 0.250. The van der Waals surface area contributed by atoms with E-state index in [1.54, 1.807) is 32.0 Å². The third kappa shape index (κ3) is 4.04. The van der Waals surface area contributed by atoms with Crippen LogP contribution in [-0.4, -0.2) is 36.7 Å². The number of rotatable bonds is 7. The Morgan fingerprint density at radius 2 is 1.81 bits per heavy atom. The Balaban J connectivity index is 1.77. The van der Waals surface area contributed by atoms with Gasteiger partial charge in [0.2, 0.25) is 15.9 Å². The molecule has 3 rings (SSSR count). The van der Waals surface area contributed by atoms with Gasteiger partial charge in [0.1, 0.15) is 0 Å². The van der Waals surface area contributed by atoms with Crippen molar-refractivity contribution in [1.82, 2.24) is 9.29 Å². The van der Waals surface area contributed by atoms with Gasteiger partial charge in [-0.2, -0.15) is 4.31 Å². The number of aromatic nitrogens is 1. The molecule has 6 nitrogen and oxygen atoms in total. The van der Waals surface area contributed by atoms with Gasteiger partial charge in [-0.05, 0) is 29.8 Å². The maximum atomic E-state index is 12.6. The fourth-order valence-corrected chi connectivity index (χ4v) is 4.61. The normalized spacial score (nSPS) is 11.8. The van der Waals surface area contributed by atoms with Crippen LogP contribution in [0, 0.1) is 0 Å². The monoisotopic (exact) mass is 385 g/mol. The molecule has 7 heteroatoms. The molecule has 0 aliphatic heterocycles. The highest BCUT2D eigenvalue weighted by Crippen LogP contribution is 2.21. The van der Waals surface area contributed by atoms with Crippen LogP contribution >= 0.6 is 0 Å². The maximum absolute atomic E-state index is 12.6. The Kier molecular flexibility index (Phi) is 5.62. The largest absolute Gasteiger partial charge is 0.361 e. The minimum Gasteiger partial charge on any atom is -0.361 e. The van der Waals surface area contributed by atoms with Crippen molar-refractivity contribution in [2.75, 3.05) is 18.4 Å². The highest BCUT2D eigenvalue weighted by Gasteiger charge is 2.21. The van der Waals surface area contributed by atoms with Crippen molar-refractivity contribution >= 4 is 32.5 Å². The topological polar surface area (TPSA) is 82.3 Å². The molecule has 0 radical (unpaired) electrons. The molecule has 0 atom stereocenters. The van der Waals surface area contributed by atoms with Crippen molar-refractivity contribution in [3.63, 3.8) is 0 Å². The minimum atomic E-state index is -3.56. The molecule has 0 bridgehead atoms. The lowest BCUT2D eigenvalue weighted by Crippen LogP contribution is -2.30. The van der Waals surface area contributed by atoms with Crippen LogP contribution in [0.3, 0.4) is 0 Å². The molecule has 3 aromatic rings. The first kappa shape index (κ1) is 19.1. The standard InChI is InChI=1S/C20H23N3O3S/c1-3-23(4-2)27(25,26)17-9-7-8-16(13-17)22-20(24)12-15-14-21-19-11-6-5-10-18(15)19/h5-11,13-14,21H,3-4,12H2,1-2H3,(H,22,24). The lowest BCUT2D eigenvalue weighted by molar-refractivity contribution is -0.115. The molecule has 1 aromatic heterocycles. The first-order chi connectivity index (χ1) is 13.0. The molecule has 2 aromatic carbocycles. The number of hydrogen-bond donors (Lipinski definition) is 2. The zero-order valence-corrected chi connectivity index (χ0v) is 16.2. The maximum Gasteiger partial charge on any atom is 0.243 e. The molecular formula is C20H23N3O3S. The number of amides is 1. The van der Waals surface area contributed by atoms with Gasteiger partial charge in [-0.1, -0.05) is 38.1 Å². The Morgan fingerprint density at radius 1 is 1.07 bits per heavy atom. The van der Waals surface area contributed by atoms with Crippen LogP contribution < -0.4 is 5.32 Å². The minimum absolute atomic E-state index is 0.177. The number of anilines is 1. The molecule has 0 fully saturated rings. The molecule has 0 aliphatic rings. The van der Waals surface area contributed by atoms with Crippen molar-refractivity contribution in [2.45, 2.75) is 25.2 Å². The van der Waals surface area contributed by atoms with Crippen molar-refractivity contribution in [1.29, 1.82) is 0 Å². The summed E-state index contributed by atoms with van der Waals surface area (Å²) in [5.74, 6) is -0.197. The number of nitrogens with one attached hydrogen (secondary N) is 2. The molecule has 2 N–H and O–H groups in total. The number of benzene rings is 2. The zero-order valence-electron chi connectivity index (χ0n) is 15.4. The fourth-order valence-electron chi connectivity index (χ4n) is 3.10. The van der Waals surface area contributed by atoms with Gasteiger partial charge in [0.25, 0.3) is 0 Å². The third-order valence-electron chi connectivity index (χ3n) is 4.49. The SMILES string of the molecule is CCN(CC)S(=O)(=O)c1cccc(NC(=O)Cc2c[nH]c3ccccc23)c1. The quantitative estimate of drug-likeness (QED) is 0.654. The van der Waals surface area contributed by atoms with E-state index in [0.717, 1.165) is 16.5 Å². The van der Waals surface area contributed by atoms with Crippen LogP contribution in [0.1, 0.15) is 19.4 Å². The number of carbonyl (C=O) groups is 1. The molecule has 27 heavy (non-hydrogen) atoms. The molecule has 1 amide bonds. The number of para-hydroxylation sites is 1. The molecule has 0 saturated heterocycles. The molecular weight excluding hydrogens is 362 g/mol. The van der Waals surface area contributed by atoms with Gasteiger partial charge in [0.05, 0.1) is 11.3 Å². The van der Waals surface area contributed by atoms with E-state index in [1.807, 2.05) is 30.5 Å². The second-order valence-corrected chi connectivity index (χ2v) is 8.14. The van der Waals surface area contributed by atoms with Crippen LogP contribution in [0.4, 0.5) is 5.69 Å². The van der Waals surface area contributed by atoms with E-state index in [1.165, 1.54) is 10.4 Å². The first-order valence-electron chi connectivity index (χ1n) is 8.90. The lowest BCUT2D eigenvalue weighted by atomic mass is 10.1. The second kappa shape index (κ2) is 7.94. The predicted molar refractivity (Wildman–Crippen MR) is 107 cm³/mol. The van der Waals surface area contributed by atoms with Gasteiger partial charge >= 0.3 is 0 Å². The van der Waals surface area contributed by atoms with E-state index < -0.39 is 10.0 Å². The van der Waals surface area contributed by atoms with Gasteiger partial charge in [-0.15, -0.1) is 0 Å². The Morgan fingerprint density at radius 3 is 2.56 bits per heavy atom. The van der Waals surface area contributed by atoms with Crippen LogP contribution in [-0.2, 0) is 21.2 Å². The molecule has 142 valence electrons. The lowest BCUT2D eigenvalue weighted by Gasteiger charge is -2.18. The summed E-state index contributed by atoms with van der Waals surface area (Å²) in [6.07, 6.45) is 2.03. The summed E-state index contributed by atoms with van der Waals surface area (Å²) in [5.41, 5.74) is 2.34. The van der Waals surface area contributed by atoms with Crippen LogP contribution in [0.2, 0.25) is 0 Å². The molecule has 0 unspecified atom stereocenters. The number of carbonyl (C=O) groups excluding carboxylic acids is 1. The summed E-state index contributed by atoms with van der Waals surface area (Å²) < 4.78 is 26.7. The van der Waals surface area contributed by atoms with E-state index in [9.17, 15) is 13.2 Å². The Labute approximate surface area is 159 Å². The number of H-pyrrole nitrogens is 1. The zero-order chi connectivity index (χ0) is 19.4. The van der Waals surface area contributed by atoms with Crippen molar-refractivity contribution < 1.29 is 13.2 Å². The average Bonchev–Trinajstić information content (AvgIpc) is 3.05. The summed E-state index contributed by atoms with van der Waals surface area (Å²) in [4.78, 5) is 15.8. The highest BCUT2D eigenvalue weighted by atomic mass is 32.2. The number of sulfonamides is 1. The molecule has 1 heterocycles. The smallest absolute Gasteiger partial charge is 0.243 e. The van der Waals surface area contributed by atoms with E-state index >= 15 is 0 Å². The van der Waals surface area contributed by atoms with Crippen LogP contribution in [0.25, 0.3) is 10.9 Å². The summed E-state index contributed by atoms with van der Waals surface area (Å²) in [5, 5.41) is 3.80. The summed E-state index contributed by atoms with van der Waals surface area (Å²) >= 11 is 0. The van der Waals surface area contributed by atoms with Gasteiger partial charge in [-0.25, -0.2) is 8.42 Å². The van der Waals surface area contributed by atoms with E-state index in [0.29, 0.717) is 18.8 Å². The first-order valence-corrected chi connectivity index (χ1v) is 10.3. The van der Waals surface area contributed by atoms with Crippen molar-refractivity contribution in [3.05, 3.63) is 60.3 Å². The second-order valence-electron chi connectivity index (χ2n) is 6.20. The van der Waals surface area contributed by atoms with Crippen molar-refractivity contribution in [3.8, 4) is 0 Å². The van der Waals surface area contributed by atoms with Crippen LogP contribution in [0.15, 0.2) is 59.6 Å². The molecule has 0 aliphatic carbocycles. The number of hydrogen-bond acceptors (Lipinski definition) is 3. The summed E-state index contributed by atoms with van der Waals surface area (Å²) in [7, 11) is -3.56. The van der Waals surface area contributed by atoms with Crippen molar-refractivity contribution in [2.24, 2.45) is 0 Å². The summed E-state index contributed by atoms with van der Waals surface area (Å²) in [6.45, 7) is 4.40. The molecule has 0 spiro atoms. The van der Waals surface area contributed by atoms with E-state index in [4.69, 9.17) is 0 Å². The molecule has 0 saturated carbocycles. The number of aromatic amines is 1.